The first-order chi connectivity index (χ1) is 19.4. The van der Waals surface area contributed by atoms with Crippen LogP contribution in [0, 0.1) is 6.92 Å². The van der Waals surface area contributed by atoms with Crippen molar-refractivity contribution in [3.63, 3.8) is 0 Å². The normalized spacial score (nSPS) is 22.0. The third-order valence-electron chi connectivity index (χ3n) is 6.87. The van der Waals surface area contributed by atoms with Gasteiger partial charge in [-0.2, -0.15) is 0 Å². The number of carbonyl (C=O) groups excluding carboxylic acids is 3. The number of rotatable bonds is 7. The largest absolute Gasteiger partial charge is 0.489 e. The van der Waals surface area contributed by atoms with E-state index in [1.165, 1.54) is 0 Å². The molecule has 3 heterocycles. The predicted molar refractivity (Wildman–Crippen MR) is 151 cm³/mol. The number of urea groups is 1. The zero-order valence-electron chi connectivity index (χ0n) is 23.6. The molecule has 0 aliphatic carbocycles. The number of alkyl carbamates (subject to hydrolysis) is 1. The maximum atomic E-state index is 12.6. The summed E-state index contributed by atoms with van der Waals surface area (Å²) in [4.78, 5) is 47.5. The van der Waals surface area contributed by atoms with E-state index < -0.39 is 34.8 Å². The zero-order valence-corrected chi connectivity index (χ0v) is 23.6. The van der Waals surface area contributed by atoms with Crippen molar-refractivity contribution in [3.8, 4) is 5.75 Å². The fourth-order valence-electron chi connectivity index (χ4n) is 4.78. The van der Waals surface area contributed by atoms with Crippen molar-refractivity contribution in [2.75, 3.05) is 6.54 Å². The van der Waals surface area contributed by atoms with Gasteiger partial charge in [0.2, 0.25) is 0 Å². The standard InChI is InChI=1S/C30H33N5O6/c1-18-14-19(22-8-6-7-9-23(22)32-18)16-39-21-12-10-20(11-13-21)30(17-31-27(38)40-28(2,3)4)15-24(35-41-30)29(5)25(36)33-26(37)34-29/h6-15,35H,16-17H2,1-5H3,(H,31,38)(H2,33,34,36,37). The molecular formula is C30H33N5O6. The van der Waals surface area contributed by atoms with Crippen molar-refractivity contribution in [2.24, 2.45) is 0 Å². The number of aromatic nitrogens is 1. The average molecular weight is 560 g/mol. The Morgan fingerprint density at radius 3 is 2.51 bits per heavy atom. The molecule has 2 atom stereocenters. The Balaban J connectivity index is 1.39. The average Bonchev–Trinajstić information content (AvgIpc) is 3.47. The van der Waals surface area contributed by atoms with Crippen LogP contribution < -0.4 is 26.2 Å². The van der Waals surface area contributed by atoms with Crippen molar-refractivity contribution in [2.45, 2.75) is 58.0 Å². The summed E-state index contributed by atoms with van der Waals surface area (Å²) in [6.45, 7) is 9.15. The highest BCUT2D eigenvalue weighted by molar-refractivity contribution is 6.08. The van der Waals surface area contributed by atoms with Crippen molar-refractivity contribution < 1.29 is 28.7 Å². The molecule has 2 unspecified atom stereocenters. The quantitative estimate of drug-likeness (QED) is 0.320. The summed E-state index contributed by atoms with van der Waals surface area (Å²) in [5.41, 5.74) is 3.34. The van der Waals surface area contributed by atoms with E-state index in [2.05, 4.69) is 26.4 Å². The first-order valence-electron chi connectivity index (χ1n) is 13.2. The van der Waals surface area contributed by atoms with Crippen LogP contribution in [-0.4, -0.2) is 40.7 Å². The molecule has 3 aromatic rings. The Kier molecular flexibility index (Phi) is 7.08. The number of hydrogen-bond donors (Lipinski definition) is 4. The number of aryl methyl sites for hydroxylation is 1. The maximum Gasteiger partial charge on any atom is 0.407 e. The molecule has 214 valence electrons. The SMILES string of the molecule is Cc1cc(COc2ccc(C3(CNC(=O)OC(C)(C)C)C=C(C4(C)NC(=O)NC4=O)NO3)cc2)c2ccccc2n1. The number of benzene rings is 2. The van der Waals surface area contributed by atoms with Crippen molar-refractivity contribution >= 4 is 28.9 Å². The molecule has 11 nitrogen and oxygen atoms in total. The number of para-hydroxylation sites is 1. The molecule has 1 saturated heterocycles. The third kappa shape index (κ3) is 5.80. The minimum Gasteiger partial charge on any atom is -0.489 e. The summed E-state index contributed by atoms with van der Waals surface area (Å²) in [5, 5.41) is 8.64. The van der Waals surface area contributed by atoms with Crippen molar-refractivity contribution in [1.82, 2.24) is 26.4 Å². The van der Waals surface area contributed by atoms with Gasteiger partial charge in [-0.15, -0.1) is 0 Å². The second-order valence-corrected chi connectivity index (χ2v) is 11.3. The van der Waals surface area contributed by atoms with Crippen LogP contribution in [0.25, 0.3) is 10.9 Å². The van der Waals surface area contributed by atoms with E-state index in [0.717, 1.165) is 22.2 Å². The lowest BCUT2D eigenvalue weighted by Gasteiger charge is -2.27. The molecular weight excluding hydrogens is 526 g/mol. The Labute approximate surface area is 237 Å². The Morgan fingerprint density at radius 1 is 1.10 bits per heavy atom. The van der Waals surface area contributed by atoms with Gasteiger partial charge in [-0.05, 0) is 70.5 Å². The van der Waals surface area contributed by atoms with E-state index in [4.69, 9.17) is 14.3 Å². The van der Waals surface area contributed by atoms with E-state index in [1.807, 2.05) is 61.5 Å². The fraction of sp³-hybridized carbons (Fsp3) is 0.333. The number of amides is 4. The van der Waals surface area contributed by atoms with Crippen LogP contribution in [0.2, 0.25) is 0 Å². The van der Waals surface area contributed by atoms with E-state index in [1.54, 1.807) is 33.8 Å². The summed E-state index contributed by atoms with van der Waals surface area (Å²) in [7, 11) is 0. The zero-order chi connectivity index (χ0) is 29.4. The smallest absolute Gasteiger partial charge is 0.407 e. The van der Waals surface area contributed by atoms with Crippen molar-refractivity contribution in [1.29, 1.82) is 0 Å². The second-order valence-electron chi connectivity index (χ2n) is 11.3. The molecule has 0 saturated carbocycles. The second kappa shape index (κ2) is 10.4. The summed E-state index contributed by atoms with van der Waals surface area (Å²) in [6, 6.07) is 16.6. The molecule has 0 radical (unpaired) electrons. The number of imide groups is 1. The summed E-state index contributed by atoms with van der Waals surface area (Å²) < 4.78 is 11.5. The lowest BCUT2D eigenvalue weighted by Crippen LogP contribution is -2.48. The molecule has 1 aromatic heterocycles. The monoisotopic (exact) mass is 559 g/mol. The van der Waals surface area contributed by atoms with E-state index in [9.17, 15) is 14.4 Å². The van der Waals surface area contributed by atoms with E-state index in [-0.39, 0.29) is 6.54 Å². The van der Waals surface area contributed by atoms with Gasteiger partial charge in [0.1, 0.15) is 18.0 Å². The van der Waals surface area contributed by atoms with Gasteiger partial charge >= 0.3 is 12.1 Å². The number of fused-ring (bicyclic) bond motifs is 1. The highest BCUT2D eigenvalue weighted by Crippen LogP contribution is 2.36. The summed E-state index contributed by atoms with van der Waals surface area (Å²) in [6.07, 6.45) is 1.05. The number of pyridine rings is 1. The van der Waals surface area contributed by atoms with Gasteiger partial charge in [0.25, 0.3) is 5.91 Å². The van der Waals surface area contributed by atoms with Gasteiger partial charge in [-0.3, -0.25) is 25.4 Å². The fourth-order valence-corrected chi connectivity index (χ4v) is 4.78. The molecule has 41 heavy (non-hydrogen) atoms. The topological polar surface area (TPSA) is 140 Å². The molecule has 5 rings (SSSR count). The molecule has 4 N–H and O–H groups in total. The molecule has 2 aliphatic rings. The van der Waals surface area contributed by atoms with E-state index >= 15 is 0 Å². The van der Waals surface area contributed by atoms with E-state index in [0.29, 0.717) is 23.6 Å². The van der Waals surface area contributed by atoms with Gasteiger partial charge in [-0.1, -0.05) is 30.3 Å². The highest BCUT2D eigenvalue weighted by Gasteiger charge is 2.50. The van der Waals surface area contributed by atoms with Crippen molar-refractivity contribution in [3.05, 3.63) is 83.2 Å². The summed E-state index contributed by atoms with van der Waals surface area (Å²) in [5.74, 6) is 0.107. The number of hydrogen-bond acceptors (Lipinski definition) is 8. The van der Waals surface area contributed by atoms with Gasteiger partial charge < -0.3 is 20.1 Å². The Bertz CT molecular complexity index is 1550. The molecule has 0 bridgehead atoms. The van der Waals surface area contributed by atoms with Crippen LogP contribution in [0.5, 0.6) is 5.75 Å². The van der Waals surface area contributed by atoms with Gasteiger partial charge in [-0.25, -0.2) is 9.59 Å². The third-order valence-corrected chi connectivity index (χ3v) is 6.87. The lowest BCUT2D eigenvalue weighted by atomic mass is 9.89. The minimum absolute atomic E-state index is 0.0213. The van der Waals surface area contributed by atoms with Gasteiger partial charge in [0, 0.05) is 16.6 Å². The van der Waals surface area contributed by atoms with Crippen LogP contribution in [0.1, 0.15) is 44.5 Å². The highest BCUT2D eigenvalue weighted by atomic mass is 16.7. The van der Waals surface area contributed by atoms with Gasteiger partial charge in [0.15, 0.2) is 11.1 Å². The Hall–Kier alpha value is -4.64. The van der Waals surface area contributed by atoms with Crippen LogP contribution in [0.15, 0.2) is 66.4 Å². The number of nitrogens with one attached hydrogen (secondary N) is 4. The maximum absolute atomic E-state index is 12.6. The predicted octanol–water partition coefficient (Wildman–Crippen LogP) is 3.86. The molecule has 11 heteroatoms. The minimum atomic E-state index is -1.38. The van der Waals surface area contributed by atoms with Crippen LogP contribution in [0.4, 0.5) is 9.59 Å². The number of carbonyl (C=O) groups is 3. The number of hydroxylamine groups is 1. The van der Waals surface area contributed by atoms with Gasteiger partial charge in [0.05, 0.1) is 17.8 Å². The molecule has 0 spiro atoms. The molecule has 1 fully saturated rings. The van der Waals surface area contributed by atoms with Crippen LogP contribution >= 0.6 is 0 Å². The molecule has 2 aliphatic heterocycles. The molecule has 2 aromatic carbocycles. The first-order valence-corrected chi connectivity index (χ1v) is 13.2. The number of ether oxygens (including phenoxy) is 2. The van der Waals surface area contributed by atoms with Crippen LogP contribution in [-0.2, 0) is 26.6 Å². The van der Waals surface area contributed by atoms with Crippen LogP contribution in [0.3, 0.4) is 0 Å². The summed E-state index contributed by atoms with van der Waals surface area (Å²) >= 11 is 0. The Morgan fingerprint density at radius 2 is 1.83 bits per heavy atom. The lowest BCUT2D eigenvalue weighted by molar-refractivity contribution is -0.123. The first kappa shape index (κ1) is 27.9. The molecule has 4 amide bonds. The number of nitrogens with zero attached hydrogens (tertiary/aromatic N) is 1.